The van der Waals surface area contributed by atoms with E-state index in [9.17, 15) is 9.59 Å². The van der Waals surface area contributed by atoms with Crippen LogP contribution in [0.25, 0.3) is 10.3 Å². The minimum absolute atomic E-state index is 0.0235. The van der Waals surface area contributed by atoms with Crippen LogP contribution >= 0.6 is 11.3 Å². The van der Waals surface area contributed by atoms with Gasteiger partial charge < -0.3 is 19.6 Å². The SMILES string of the molecule is CC(C)(C)OC(=O)N1CC2CCC(C1)N2c1nc2ccc(C(=O)O)nc2s1. The predicted octanol–water partition coefficient (Wildman–Crippen LogP) is 2.98. The summed E-state index contributed by atoms with van der Waals surface area (Å²) in [5.41, 5.74) is 0.220. The fraction of sp³-hybridized carbons (Fsp3) is 0.556. The van der Waals surface area contributed by atoms with Crippen molar-refractivity contribution in [1.82, 2.24) is 14.9 Å². The largest absolute Gasteiger partial charge is 0.477 e. The van der Waals surface area contributed by atoms with Crippen molar-refractivity contribution in [2.45, 2.75) is 51.3 Å². The van der Waals surface area contributed by atoms with Gasteiger partial charge >= 0.3 is 12.1 Å². The Balaban J connectivity index is 1.55. The van der Waals surface area contributed by atoms with Crippen molar-refractivity contribution >= 4 is 38.9 Å². The number of carboxylic acid groups (broad SMARTS) is 1. The Hall–Kier alpha value is -2.42. The quantitative estimate of drug-likeness (QED) is 0.842. The van der Waals surface area contributed by atoms with Crippen molar-refractivity contribution in [2.75, 3.05) is 18.0 Å². The van der Waals surface area contributed by atoms with Crippen molar-refractivity contribution in [3.8, 4) is 0 Å². The van der Waals surface area contributed by atoms with Crippen molar-refractivity contribution in [3.05, 3.63) is 17.8 Å². The Labute approximate surface area is 160 Å². The first-order chi connectivity index (χ1) is 12.7. The standard InChI is InChI=1S/C18H22N4O4S/c1-18(2,3)26-17(25)21-8-10-4-5-11(9-21)22(10)16-20-12-6-7-13(15(23)24)19-14(12)27-16/h6-7,10-11H,4-5,8-9H2,1-3H3,(H,23,24). The molecule has 2 unspecified atom stereocenters. The maximum Gasteiger partial charge on any atom is 0.410 e. The number of anilines is 1. The summed E-state index contributed by atoms with van der Waals surface area (Å²) in [6.45, 7) is 6.82. The zero-order chi connectivity index (χ0) is 19.3. The number of hydrogen-bond donors (Lipinski definition) is 1. The summed E-state index contributed by atoms with van der Waals surface area (Å²) in [5, 5.41) is 9.96. The number of carbonyl (C=O) groups is 2. The highest BCUT2D eigenvalue weighted by molar-refractivity contribution is 7.21. The fourth-order valence-corrected chi connectivity index (χ4v) is 4.81. The summed E-state index contributed by atoms with van der Waals surface area (Å²) in [6, 6.07) is 3.56. The summed E-state index contributed by atoms with van der Waals surface area (Å²) >= 11 is 1.41. The molecule has 2 aliphatic rings. The first-order valence-electron chi connectivity index (χ1n) is 8.98. The molecule has 8 nitrogen and oxygen atoms in total. The molecule has 1 amide bonds. The third kappa shape index (κ3) is 3.43. The molecule has 0 saturated carbocycles. The highest BCUT2D eigenvalue weighted by Gasteiger charge is 2.43. The van der Waals surface area contributed by atoms with Crippen LogP contribution in [0.5, 0.6) is 0 Å². The Morgan fingerprint density at radius 2 is 1.85 bits per heavy atom. The van der Waals surface area contributed by atoms with Crippen molar-refractivity contribution in [2.24, 2.45) is 0 Å². The van der Waals surface area contributed by atoms with Crippen LogP contribution in [0.1, 0.15) is 44.1 Å². The summed E-state index contributed by atoms with van der Waals surface area (Å²) in [4.78, 5) is 37.1. The highest BCUT2D eigenvalue weighted by atomic mass is 32.1. The average Bonchev–Trinajstić information content (AvgIpc) is 3.09. The van der Waals surface area contributed by atoms with Crippen LogP contribution in [0.3, 0.4) is 0 Å². The third-order valence-electron chi connectivity index (χ3n) is 4.82. The topological polar surface area (TPSA) is 95.9 Å². The zero-order valence-corrected chi connectivity index (χ0v) is 16.3. The van der Waals surface area contributed by atoms with E-state index in [4.69, 9.17) is 9.84 Å². The lowest BCUT2D eigenvalue weighted by atomic mass is 10.2. The van der Waals surface area contributed by atoms with Gasteiger partial charge in [0.1, 0.15) is 21.6 Å². The van der Waals surface area contributed by atoms with Gasteiger partial charge in [-0.15, -0.1) is 0 Å². The monoisotopic (exact) mass is 390 g/mol. The second-order valence-electron chi connectivity index (χ2n) is 8.00. The van der Waals surface area contributed by atoms with Crippen molar-refractivity contribution in [3.63, 3.8) is 0 Å². The molecule has 2 atom stereocenters. The van der Waals surface area contributed by atoms with Crippen LogP contribution in [-0.2, 0) is 4.74 Å². The first kappa shape index (κ1) is 18.0. The normalized spacial score (nSPS) is 22.3. The Morgan fingerprint density at radius 1 is 1.19 bits per heavy atom. The van der Waals surface area contributed by atoms with Crippen LogP contribution < -0.4 is 4.90 Å². The molecule has 2 fully saturated rings. The molecule has 4 rings (SSSR count). The van der Waals surface area contributed by atoms with Crippen LogP contribution in [0.4, 0.5) is 9.93 Å². The number of fused-ring (bicyclic) bond motifs is 3. The summed E-state index contributed by atoms with van der Waals surface area (Å²) < 4.78 is 5.52. The van der Waals surface area contributed by atoms with Gasteiger partial charge in [0.15, 0.2) is 5.13 Å². The van der Waals surface area contributed by atoms with E-state index < -0.39 is 11.6 Å². The number of carboxylic acids is 1. The molecule has 0 radical (unpaired) electrons. The van der Waals surface area contributed by atoms with E-state index in [0.717, 1.165) is 18.0 Å². The molecule has 2 bridgehead atoms. The zero-order valence-electron chi connectivity index (χ0n) is 15.5. The molecule has 0 spiro atoms. The van der Waals surface area contributed by atoms with Crippen molar-refractivity contribution < 1.29 is 19.4 Å². The van der Waals surface area contributed by atoms with Gasteiger partial charge in [-0.1, -0.05) is 11.3 Å². The van der Waals surface area contributed by atoms with Gasteiger partial charge in [0.05, 0.1) is 0 Å². The number of aromatic carboxylic acids is 1. The van der Waals surface area contributed by atoms with Gasteiger partial charge in [0.25, 0.3) is 0 Å². The molecule has 2 aromatic rings. The number of piperazine rings is 1. The number of pyridine rings is 1. The predicted molar refractivity (Wildman–Crippen MR) is 101 cm³/mol. The maximum atomic E-state index is 12.4. The van der Waals surface area contributed by atoms with Gasteiger partial charge in [-0.25, -0.2) is 19.6 Å². The van der Waals surface area contributed by atoms with E-state index in [1.54, 1.807) is 11.0 Å². The minimum Gasteiger partial charge on any atom is -0.477 e. The van der Waals surface area contributed by atoms with E-state index in [2.05, 4.69) is 14.9 Å². The first-order valence-corrected chi connectivity index (χ1v) is 9.80. The second kappa shape index (κ2) is 6.33. The third-order valence-corrected chi connectivity index (χ3v) is 5.80. The molecule has 2 aromatic heterocycles. The van der Waals surface area contributed by atoms with Gasteiger partial charge in [-0.05, 0) is 45.7 Å². The molecule has 0 aromatic carbocycles. The van der Waals surface area contributed by atoms with Gasteiger partial charge in [0.2, 0.25) is 0 Å². The molecule has 2 aliphatic heterocycles. The summed E-state index contributed by atoms with van der Waals surface area (Å²) in [6.07, 6.45) is 1.72. The summed E-state index contributed by atoms with van der Waals surface area (Å²) in [5.74, 6) is -1.04. The number of rotatable bonds is 2. The van der Waals surface area contributed by atoms with E-state index in [0.29, 0.717) is 23.4 Å². The second-order valence-corrected chi connectivity index (χ2v) is 8.96. The average molecular weight is 390 g/mol. The number of thiazole rings is 1. The van der Waals surface area contributed by atoms with Crippen LogP contribution in [-0.4, -0.2) is 62.8 Å². The smallest absolute Gasteiger partial charge is 0.410 e. The molecule has 4 heterocycles. The van der Waals surface area contributed by atoms with Crippen LogP contribution in [0, 0.1) is 0 Å². The fourth-order valence-electron chi connectivity index (χ4n) is 3.73. The lowest BCUT2D eigenvalue weighted by Gasteiger charge is -2.41. The minimum atomic E-state index is -1.04. The van der Waals surface area contributed by atoms with Crippen LogP contribution in [0.2, 0.25) is 0 Å². The lowest BCUT2D eigenvalue weighted by Crippen LogP contribution is -2.56. The van der Waals surface area contributed by atoms with Gasteiger partial charge in [-0.3, -0.25) is 0 Å². The Morgan fingerprint density at radius 3 is 2.44 bits per heavy atom. The number of aromatic nitrogens is 2. The summed E-state index contributed by atoms with van der Waals surface area (Å²) in [7, 11) is 0. The molecule has 27 heavy (non-hydrogen) atoms. The van der Waals surface area contributed by atoms with E-state index in [-0.39, 0.29) is 23.9 Å². The molecular formula is C18H22N4O4S. The number of nitrogens with zero attached hydrogens (tertiary/aromatic N) is 4. The number of hydrogen-bond acceptors (Lipinski definition) is 7. The number of carbonyl (C=O) groups excluding carboxylic acids is 1. The molecule has 1 N–H and O–H groups in total. The van der Waals surface area contributed by atoms with Crippen molar-refractivity contribution in [1.29, 1.82) is 0 Å². The maximum absolute atomic E-state index is 12.4. The molecule has 9 heteroatoms. The number of ether oxygens (including phenoxy) is 1. The van der Waals surface area contributed by atoms with Crippen LogP contribution in [0.15, 0.2) is 12.1 Å². The Bertz CT molecular complexity index is 892. The number of likely N-dealkylation sites (tertiary alicyclic amines) is 1. The van der Waals surface area contributed by atoms with E-state index >= 15 is 0 Å². The van der Waals surface area contributed by atoms with E-state index in [1.807, 2.05) is 20.8 Å². The molecule has 0 aliphatic carbocycles. The van der Waals surface area contributed by atoms with Gasteiger partial charge in [-0.2, -0.15) is 0 Å². The molecule has 2 saturated heterocycles. The highest BCUT2D eigenvalue weighted by Crippen LogP contribution is 2.38. The Kier molecular flexibility index (Phi) is 4.21. The van der Waals surface area contributed by atoms with Gasteiger partial charge in [0, 0.05) is 25.2 Å². The molecular weight excluding hydrogens is 368 g/mol. The van der Waals surface area contributed by atoms with E-state index in [1.165, 1.54) is 17.4 Å². The number of amides is 1. The molecule has 144 valence electrons. The lowest BCUT2D eigenvalue weighted by molar-refractivity contribution is 0.0209.